The number of fused-ring (bicyclic) bond motifs is 14. The molecule has 0 saturated heterocycles. The van der Waals surface area contributed by atoms with Gasteiger partial charge in [-0.1, -0.05) is 91.9 Å². The molecule has 0 saturated carbocycles. The first-order valence-corrected chi connectivity index (χ1v) is 17.4. The molecule has 4 aromatic heterocycles. The van der Waals surface area contributed by atoms with E-state index in [0.717, 1.165) is 87.5 Å². The fourth-order valence-corrected chi connectivity index (χ4v) is 8.63. The minimum absolute atomic E-state index is 0.466. The Hall–Kier alpha value is -7.28. The monoisotopic (exact) mass is 666 g/mol. The van der Waals surface area contributed by atoms with Gasteiger partial charge in [0.1, 0.15) is 23.3 Å². The molecule has 7 aromatic carbocycles. The molecule has 0 radical (unpaired) electrons. The van der Waals surface area contributed by atoms with Gasteiger partial charge in [0.05, 0.1) is 44.6 Å². The molecule has 6 heteroatoms. The molecule has 0 aliphatic carbocycles. The van der Waals surface area contributed by atoms with Crippen LogP contribution >= 0.6 is 0 Å². The molecule has 52 heavy (non-hydrogen) atoms. The summed E-state index contributed by atoms with van der Waals surface area (Å²) in [5.74, 6) is 0. The second-order valence-electron chi connectivity index (χ2n) is 13.3. The summed E-state index contributed by atoms with van der Waals surface area (Å²) in [7, 11) is 0. The summed E-state index contributed by atoms with van der Waals surface area (Å²) in [6, 6.07) is 48.4. The smallest absolute Gasteiger partial charge is 0.160 e. The Morgan fingerprint density at radius 1 is 0.481 bits per heavy atom. The van der Waals surface area contributed by atoms with Crippen molar-refractivity contribution >= 4 is 87.5 Å². The quantitative estimate of drug-likeness (QED) is 0.188. The lowest BCUT2D eigenvalue weighted by Crippen LogP contribution is -2.09. The predicted molar refractivity (Wildman–Crippen MR) is 208 cm³/mol. The van der Waals surface area contributed by atoms with Gasteiger partial charge in [-0.15, -0.1) is 0 Å². The molecule has 11 aromatic rings. The zero-order valence-corrected chi connectivity index (χ0v) is 27.9. The highest BCUT2D eigenvalue weighted by Gasteiger charge is 2.27. The van der Waals surface area contributed by atoms with E-state index >= 15 is 0 Å². The highest BCUT2D eigenvalue weighted by molar-refractivity contribution is 6.23. The van der Waals surface area contributed by atoms with Gasteiger partial charge in [0.25, 0.3) is 0 Å². The van der Waals surface area contributed by atoms with E-state index in [1.807, 2.05) is 73.7 Å². The molecule has 4 heterocycles. The third kappa shape index (κ3) is 3.55. The third-order valence-electron chi connectivity index (χ3n) is 10.8. The van der Waals surface area contributed by atoms with E-state index in [4.69, 9.17) is 8.83 Å². The Bertz CT molecular complexity index is 3200. The average Bonchev–Trinajstić information content (AvgIpc) is 3.94. The van der Waals surface area contributed by atoms with Crippen LogP contribution in [-0.2, 0) is 6.42 Å². The van der Waals surface area contributed by atoms with Crippen molar-refractivity contribution in [1.29, 1.82) is 10.5 Å². The molecule has 0 spiro atoms. The van der Waals surface area contributed by atoms with Gasteiger partial charge in [0, 0.05) is 43.1 Å². The molecule has 0 unspecified atom stereocenters. The Labute approximate surface area is 296 Å². The second-order valence-corrected chi connectivity index (χ2v) is 13.3. The summed E-state index contributed by atoms with van der Waals surface area (Å²) in [6.07, 6.45) is 0.487. The Kier molecular flexibility index (Phi) is 5.69. The number of rotatable bonds is 3. The summed E-state index contributed by atoms with van der Waals surface area (Å²) < 4.78 is 17.6. The molecule has 242 valence electrons. The van der Waals surface area contributed by atoms with Crippen molar-refractivity contribution in [3.63, 3.8) is 0 Å². The highest BCUT2D eigenvalue weighted by Crippen LogP contribution is 2.45. The average molecular weight is 667 g/mol. The van der Waals surface area contributed by atoms with Crippen molar-refractivity contribution in [2.75, 3.05) is 0 Å². The molecule has 0 atom stereocenters. The Morgan fingerprint density at radius 2 is 0.885 bits per heavy atom. The number of hydrogen-bond donors (Lipinski definition) is 0. The van der Waals surface area contributed by atoms with Crippen LogP contribution in [0.2, 0.25) is 0 Å². The normalized spacial score (nSPS) is 12.0. The van der Waals surface area contributed by atoms with Gasteiger partial charge in [-0.2, -0.15) is 10.5 Å². The van der Waals surface area contributed by atoms with Gasteiger partial charge in [0.15, 0.2) is 11.2 Å². The number of aromatic nitrogens is 2. The van der Waals surface area contributed by atoms with Crippen LogP contribution in [-0.4, -0.2) is 9.13 Å². The number of furan rings is 2. The fourth-order valence-electron chi connectivity index (χ4n) is 8.63. The van der Waals surface area contributed by atoms with Crippen molar-refractivity contribution in [2.24, 2.45) is 0 Å². The van der Waals surface area contributed by atoms with Crippen molar-refractivity contribution in [1.82, 2.24) is 9.13 Å². The van der Waals surface area contributed by atoms with Crippen LogP contribution in [0.5, 0.6) is 0 Å². The summed E-state index contributed by atoms with van der Waals surface area (Å²) in [4.78, 5) is 0. The molecular formula is C46H26N4O2. The molecule has 6 nitrogen and oxygen atoms in total. The van der Waals surface area contributed by atoms with Crippen LogP contribution in [0.4, 0.5) is 0 Å². The van der Waals surface area contributed by atoms with E-state index in [0.29, 0.717) is 34.5 Å². The van der Waals surface area contributed by atoms with Gasteiger partial charge >= 0.3 is 0 Å². The summed E-state index contributed by atoms with van der Waals surface area (Å²) >= 11 is 0. The minimum atomic E-state index is 0.466. The third-order valence-corrected chi connectivity index (χ3v) is 10.8. The lowest BCUT2D eigenvalue weighted by Gasteiger charge is -2.19. The predicted octanol–water partition coefficient (Wildman–Crippen LogP) is 12.0. The van der Waals surface area contributed by atoms with E-state index in [9.17, 15) is 10.5 Å². The van der Waals surface area contributed by atoms with Crippen molar-refractivity contribution in [2.45, 2.75) is 13.3 Å². The maximum atomic E-state index is 11.0. The van der Waals surface area contributed by atoms with Crippen LogP contribution in [0.25, 0.3) is 98.9 Å². The second kappa shape index (κ2) is 10.4. The van der Waals surface area contributed by atoms with Gasteiger partial charge in [-0.05, 0) is 54.4 Å². The summed E-state index contributed by atoms with van der Waals surface area (Å²) in [6.45, 7) is 2.01. The first-order chi connectivity index (χ1) is 25.7. The van der Waals surface area contributed by atoms with Crippen LogP contribution in [0.1, 0.15) is 23.6 Å². The van der Waals surface area contributed by atoms with E-state index in [2.05, 4.69) is 81.9 Å². The standard InChI is InChI=1S/C46H26N4O2/c1-2-26-35(24-47)39(49-37-15-7-3-11-27(37)31-19-21-33-29-13-5-9-17-41(29)51-45(33)43(31)49)23-40(36(26)25-48)50-38-16-8-4-12-28(38)32-20-22-34-30-14-6-10-18-42(30)52-46(34)44(32)50/h3-23H,2H2,1H3. The molecular weight excluding hydrogens is 641 g/mol. The number of para-hydroxylation sites is 4. The van der Waals surface area contributed by atoms with Crippen molar-refractivity contribution in [3.8, 4) is 23.5 Å². The molecule has 0 N–H and O–H groups in total. The van der Waals surface area contributed by atoms with Crippen molar-refractivity contribution < 1.29 is 8.83 Å². The van der Waals surface area contributed by atoms with Crippen LogP contribution in [0, 0.1) is 22.7 Å². The minimum Gasteiger partial charge on any atom is -0.454 e. The van der Waals surface area contributed by atoms with Gasteiger partial charge in [-0.3, -0.25) is 0 Å². The number of hydrogen-bond acceptors (Lipinski definition) is 4. The number of benzene rings is 7. The van der Waals surface area contributed by atoms with E-state index in [-0.39, 0.29) is 0 Å². The zero-order chi connectivity index (χ0) is 34.7. The lowest BCUT2D eigenvalue weighted by atomic mass is 9.95. The molecule has 0 aliphatic rings. The van der Waals surface area contributed by atoms with E-state index in [1.54, 1.807) is 0 Å². The summed E-state index contributed by atoms with van der Waals surface area (Å²) in [5.41, 5.74) is 9.77. The number of nitrogens with zero attached hydrogens (tertiary/aromatic N) is 4. The lowest BCUT2D eigenvalue weighted by molar-refractivity contribution is 0.671. The van der Waals surface area contributed by atoms with Gasteiger partial charge in [0.2, 0.25) is 0 Å². The molecule has 0 fully saturated rings. The molecule has 11 rings (SSSR count). The fraction of sp³-hybridized carbons (Fsp3) is 0.0435. The maximum Gasteiger partial charge on any atom is 0.160 e. The topological polar surface area (TPSA) is 83.7 Å². The Morgan fingerprint density at radius 3 is 1.33 bits per heavy atom. The van der Waals surface area contributed by atoms with Gasteiger partial charge in [-0.25, -0.2) is 0 Å². The number of nitriles is 2. The summed E-state index contributed by atoms with van der Waals surface area (Å²) in [5, 5.41) is 30.2. The van der Waals surface area contributed by atoms with Crippen LogP contribution < -0.4 is 0 Å². The first kappa shape index (κ1) is 28.5. The first-order valence-electron chi connectivity index (χ1n) is 17.4. The van der Waals surface area contributed by atoms with E-state index < -0.39 is 0 Å². The molecule has 0 amide bonds. The van der Waals surface area contributed by atoms with E-state index in [1.165, 1.54) is 0 Å². The maximum absolute atomic E-state index is 11.0. The molecule has 0 aliphatic heterocycles. The largest absolute Gasteiger partial charge is 0.454 e. The highest BCUT2D eigenvalue weighted by atomic mass is 16.3. The van der Waals surface area contributed by atoms with Crippen LogP contribution in [0.15, 0.2) is 136 Å². The Balaban J connectivity index is 1.36. The molecule has 0 bridgehead atoms. The zero-order valence-electron chi connectivity index (χ0n) is 27.9. The van der Waals surface area contributed by atoms with Crippen LogP contribution in [0.3, 0.4) is 0 Å². The SMILES string of the molecule is CCc1c(C#N)c(-n2c3ccccc3c3ccc4c5ccccc5oc4c32)cc(-n2c3ccccc3c3ccc4c5ccccc5oc4c32)c1C#N. The van der Waals surface area contributed by atoms with Gasteiger partial charge < -0.3 is 18.0 Å². The van der Waals surface area contributed by atoms with Crippen molar-refractivity contribution in [3.05, 3.63) is 144 Å².